The number of nitrogens with one attached hydrogen (secondary N) is 2. The van der Waals surface area contributed by atoms with E-state index in [1.807, 2.05) is 0 Å². The molecule has 14 heavy (non-hydrogen) atoms. The summed E-state index contributed by atoms with van der Waals surface area (Å²) in [7, 11) is 0. The number of rotatable bonds is 4. The molecule has 5 heteroatoms. The van der Waals surface area contributed by atoms with Crippen molar-refractivity contribution in [3.63, 3.8) is 0 Å². The van der Waals surface area contributed by atoms with Crippen LogP contribution in [0.4, 0.5) is 11.6 Å². The number of nitrogen functional groups attached to an aromatic ring is 1. The summed E-state index contributed by atoms with van der Waals surface area (Å²) < 4.78 is 0. The molecule has 0 spiro atoms. The first-order chi connectivity index (χ1) is 6.72. The molecule has 0 radical (unpaired) electrons. The Kier molecular flexibility index (Phi) is 2.25. The van der Waals surface area contributed by atoms with Crippen LogP contribution in [0.3, 0.4) is 0 Å². The monoisotopic (exact) mass is 193 g/mol. The third kappa shape index (κ3) is 2.11. The highest BCUT2D eigenvalue weighted by Crippen LogP contribution is 2.44. The summed E-state index contributed by atoms with van der Waals surface area (Å²) in [5.74, 6) is 6.69. The maximum Gasteiger partial charge on any atom is 0.145 e. The number of aromatic nitrogens is 2. The lowest BCUT2D eigenvalue weighted by molar-refractivity contribution is 0.609. The zero-order valence-electron chi connectivity index (χ0n) is 8.25. The summed E-state index contributed by atoms with van der Waals surface area (Å²) in [6.07, 6.45) is 4.09. The van der Waals surface area contributed by atoms with Crippen molar-refractivity contribution in [1.29, 1.82) is 0 Å². The van der Waals surface area contributed by atoms with E-state index in [9.17, 15) is 0 Å². The number of hydrazine groups is 1. The molecule has 0 aromatic carbocycles. The summed E-state index contributed by atoms with van der Waals surface area (Å²) in [5, 5.41) is 3.28. The molecule has 0 amide bonds. The van der Waals surface area contributed by atoms with E-state index in [2.05, 4.69) is 27.6 Å². The van der Waals surface area contributed by atoms with Crippen LogP contribution in [0.5, 0.6) is 0 Å². The van der Waals surface area contributed by atoms with Crippen molar-refractivity contribution in [1.82, 2.24) is 9.97 Å². The third-order valence-corrected chi connectivity index (χ3v) is 2.61. The molecule has 0 atom stereocenters. The van der Waals surface area contributed by atoms with Gasteiger partial charge in [-0.2, -0.15) is 0 Å². The van der Waals surface area contributed by atoms with Gasteiger partial charge in [0, 0.05) is 12.6 Å². The Labute approximate surface area is 83.1 Å². The highest BCUT2D eigenvalue weighted by atomic mass is 15.3. The quantitative estimate of drug-likeness (QED) is 0.491. The van der Waals surface area contributed by atoms with Gasteiger partial charge >= 0.3 is 0 Å². The Morgan fingerprint density at radius 1 is 1.43 bits per heavy atom. The molecule has 0 bridgehead atoms. The van der Waals surface area contributed by atoms with Crippen molar-refractivity contribution in [2.24, 2.45) is 11.3 Å². The van der Waals surface area contributed by atoms with E-state index < -0.39 is 0 Å². The Morgan fingerprint density at radius 3 is 2.79 bits per heavy atom. The first-order valence-electron chi connectivity index (χ1n) is 4.74. The van der Waals surface area contributed by atoms with Gasteiger partial charge in [-0.3, -0.25) is 0 Å². The Morgan fingerprint density at radius 2 is 2.14 bits per heavy atom. The second kappa shape index (κ2) is 3.42. The molecule has 4 N–H and O–H groups in total. The molecule has 1 fully saturated rings. The Bertz CT molecular complexity index is 321. The maximum atomic E-state index is 5.24. The highest BCUT2D eigenvalue weighted by Gasteiger charge is 2.36. The minimum atomic E-state index is 0.473. The van der Waals surface area contributed by atoms with E-state index >= 15 is 0 Å². The van der Waals surface area contributed by atoms with Crippen molar-refractivity contribution in [3.8, 4) is 0 Å². The van der Waals surface area contributed by atoms with E-state index in [0.717, 1.165) is 12.4 Å². The fraction of sp³-hybridized carbons (Fsp3) is 0.556. The Balaban J connectivity index is 1.94. The van der Waals surface area contributed by atoms with Gasteiger partial charge in [0.25, 0.3) is 0 Å². The molecule has 1 aromatic rings. The lowest BCUT2D eigenvalue weighted by Crippen LogP contribution is -2.14. The van der Waals surface area contributed by atoms with Gasteiger partial charge in [0.05, 0.1) is 0 Å². The van der Waals surface area contributed by atoms with Crippen molar-refractivity contribution in [2.45, 2.75) is 19.8 Å². The standard InChI is InChI=1S/C9H15N5/c1-9(2-3-9)5-11-7-4-8(14-10)13-6-12-7/h4,6H,2-3,5,10H2,1H3,(H2,11,12,13,14). The van der Waals surface area contributed by atoms with Gasteiger partial charge in [-0.25, -0.2) is 15.8 Å². The molecular formula is C9H15N5. The summed E-state index contributed by atoms with van der Waals surface area (Å²) in [4.78, 5) is 8.03. The first-order valence-corrected chi connectivity index (χ1v) is 4.74. The number of anilines is 2. The number of hydrogen-bond acceptors (Lipinski definition) is 5. The zero-order valence-corrected chi connectivity index (χ0v) is 8.25. The summed E-state index contributed by atoms with van der Waals surface area (Å²) >= 11 is 0. The number of nitrogens with two attached hydrogens (primary N) is 1. The fourth-order valence-electron chi connectivity index (χ4n) is 1.23. The molecule has 76 valence electrons. The van der Waals surface area contributed by atoms with Crippen LogP contribution in [0.2, 0.25) is 0 Å². The first kappa shape index (κ1) is 9.21. The van der Waals surface area contributed by atoms with E-state index in [0.29, 0.717) is 11.2 Å². The summed E-state index contributed by atoms with van der Waals surface area (Å²) in [6.45, 7) is 3.23. The largest absolute Gasteiger partial charge is 0.369 e. The highest BCUT2D eigenvalue weighted by molar-refractivity contribution is 5.45. The van der Waals surface area contributed by atoms with E-state index in [1.165, 1.54) is 19.2 Å². The normalized spacial score (nSPS) is 17.6. The van der Waals surface area contributed by atoms with Gasteiger partial charge in [0.1, 0.15) is 18.0 Å². The van der Waals surface area contributed by atoms with Gasteiger partial charge in [-0.1, -0.05) is 6.92 Å². The predicted octanol–water partition coefficient (Wildman–Crippen LogP) is 0.974. The molecule has 5 nitrogen and oxygen atoms in total. The molecule has 1 aromatic heterocycles. The minimum Gasteiger partial charge on any atom is -0.369 e. The summed E-state index contributed by atoms with van der Waals surface area (Å²) in [6, 6.07) is 1.80. The van der Waals surface area contributed by atoms with Gasteiger partial charge < -0.3 is 10.7 Å². The second-order valence-electron chi connectivity index (χ2n) is 4.10. The number of hydrogen-bond donors (Lipinski definition) is 3. The molecule has 0 aliphatic heterocycles. The van der Waals surface area contributed by atoms with Crippen LogP contribution in [-0.4, -0.2) is 16.5 Å². The number of nitrogens with zero attached hydrogens (tertiary/aromatic N) is 2. The zero-order chi connectivity index (χ0) is 10.0. The van der Waals surface area contributed by atoms with Crippen LogP contribution in [0.15, 0.2) is 12.4 Å². The minimum absolute atomic E-state index is 0.473. The molecule has 0 saturated heterocycles. The van der Waals surface area contributed by atoms with E-state index in [4.69, 9.17) is 5.84 Å². The van der Waals surface area contributed by atoms with Gasteiger partial charge in [-0.15, -0.1) is 0 Å². The van der Waals surface area contributed by atoms with Crippen LogP contribution in [0, 0.1) is 5.41 Å². The molecule has 1 aliphatic carbocycles. The average molecular weight is 193 g/mol. The molecule has 1 aliphatic rings. The summed E-state index contributed by atoms with van der Waals surface area (Å²) in [5.41, 5.74) is 2.96. The van der Waals surface area contributed by atoms with Gasteiger partial charge in [-0.05, 0) is 18.3 Å². The van der Waals surface area contributed by atoms with Crippen molar-refractivity contribution >= 4 is 11.6 Å². The Hall–Kier alpha value is -1.36. The van der Waals surface area contributed by atoms with E-state index in [1.54, 1.807) is 6.07 Å². The fourth-order valence-corrected chi connectivity index (χ4v) is 1.23. The van der Waals surface area contributed by atoms with Crippen molar-refractivity contribution < 1.29 is 0 Å². The van der Waals surface area contributed by atoms with Crippen LogP contribution in [0.25, 0.3) is 0 Å². The van der Waals surface area contributed by atoms with Crippen molar-refractivity contribution in [3.05, 3.63) is 12.4 Å². The molecule has 1 saturated carbocycles. The lowest BCUT2D eigenvalue weighted by Gasteiger charge is -2.10. The average Bonchev–Trinajstić information content (AvgIpc) is 2.95. The van der Waals surface area contributed by atoms with E-state index in [-0.39, 0.29) is 0 Å². The van der Waals surface area contributed by atoms with Crippen LogP contribution in [-0.2, 0) is 0 Å². The van der Waals surface area contributed by atoms with Crippen LogP contribution >= 0.6 is 0 Å². The molecule has 0 unspecified atom stereocenters. The lowest BCUT2D eigenvalue weighted by atomic mass is 10.1. The predicted molar refractivity (Wildman–Crippen MR) is 55.7 cm³/mol. The van der Waals surface area contributed by atoms with Crippen LogP contribution in [0.1, 0.15) is 19.8 Å². The van der Waals surface area contributed by atoms with Gasteiger partial charge in [0.2, 0.25) is 0 Å². The third-order valence-electron chi connectivity index (χ3n) is 2.61. The maximum absolute atomic E-state index is 5.24. The van der Waals surface area contributed by atoms with Crippen LogP contribution < -0.4 is 16.6 Å². The second-order valence-corrected chi connectivity index (χ2v) is 4.10. The van der Waals surface area contributed by atoms with Gasteiger partial charge in [0.15, 0.2) is 0 Å². The smallest absolute Gasteiger partial charge is 0.145 e. The topological polar surface area (TPSA) is 75.9 Å². The SMILES string of the molecule is CC1(CNc2cc(NN)ncn2)CC1. The van der Waals surface area contributed by atoms with Crippen molar-refractivity contribution in [2.75, 3.05) is 17.3 Å². The molecule has 1 heterocycles. The molecule has 2 rings (SSSR count). The molecular weight excluding hydrogens is 178 g/mol.